The Kier molecular flexibility index (Phi) is 4.89. The minimum absolute atomic E-state index is 0.413. The number of hydrogen-bond donors (Lipinski definition) is 1. The quantitative estimate of drug-likeness (QED) is 0.791. The van der Waals surface area contributed by atoms with E-state index in [9.17, 15) is 0 Å². The molecule has 4 heteroatoms. The molecule has 0 saturated carbocycles. The van der Waals surface area contributed by atoms with Crippen molar-refractivity contribution in [2.24, 2.45) is 5.73 Å². The zero-order valence-electron chi connectivity index (χ0n) is 10.1. The Labute approximate surface area is 101 Å². The Bertz CT molecular complexity index is 447. The molecule has 17 heavy (non-hydrogen) atoms. The lowest BCUT2D eigenvalue weighted by molar-refractivity contribution is 0.287. The monoisotopic (exact) mass is 232 g/mol. The van der Waals surface area contributed by atoms with E-state index in [0.717, 1.165) is 5.56 Å². The Morgan fingerprint density at radius 1 is 1.29 bits per heavy atom. The van der Waals surface area contributed by atoms with Gasteiger partial charge in [0.1, 0.15) is 0 Å². The van der Waals surface area contributed by atoms with Crippen LogP contribution in [0.4, 0.5) is 0 Å². The average molecular weight is 232 g/mol. The van der Waals surface area contributed by atoms with Crippen LogP contribution in [0.5, 0.6) is 11.5 Å². The molecule has 0 saturated heterocycles. The van der Waals surface area contributed by atoms with Crippen molar-refractivity contribution < 1.29 is 9.47 Å². The van der Waals surface area contributed by atoms with Crippen molar-refractivity contribution in [3.8, 4) is 17.6 Å². The summed E-state index contributed by atoms with van der Waals surface area (Å²) in [6.45, 7) is 4.93. The average Bonchev–Trinajstić information content (AvgIpc) is 2.32. The number of nitrogens with two attached hydrogens (primary N) is 1. The van der Waals surface area contributed by atoms with Crippen LogP contribution in [0, 0.1) is 11.3 Å². The van der Waals surface area contributed by atoms with Crippen molar-refractivity contribution >= 4 is 5.70 Å². The zero-order chi connectivity index (χ0) is 12.7. The fourth-order valence-electron chi connectivity index (χ4n) is 1.38. The van der Waals surface area contributed by atoms with E-state index in [1.54, 1.807) is 18.2 Å². The van der Waals surface area contributed by atoms with Gasteiger partial charge in [-0.3, -0.25) is 0 Å². The SMILES string of the molecule is CCOc1ccc(/C(N)=C/C#N)cc1OCC. The first-order chi connectivity index (χ1) is 8.22. The molecule has 0 amide bonds. The maximum Gasteiger partial charge on any atom is 0.161 e. The fraction of sp³-hybridized carbons (Fsp3) is 0.308. The van der Waals surface area contributed by atoms with E-state index in [-0.39, 0.29) is 0 Å². The molecule has 0 aliphatic heterocycles. The fourth-order valence-corrected chi connectivity index (χ4v) is 1.38. The largest absolute Gasteiger partial charge is 0.490 e. The van der Waals surface area contributed by atoms with Crippen molar-refractivity contribution in [2.45, 2.75) is 13.8 Å². The second-order valence-electron chi connectivity index (χ2n) is 3.26. The summed E-state index contributed by atoms with van der Waals surface area (Å²) >= 11 is 0. The molecule has 0 aliphatic rings. The molecule has 4 nitrogen and oxygen atoms in total. The molecule has 0 atom stereocenters. The number of hydrogen-bond acceptors (Lipinski definition) is 4. The summed E-state index contributed by atoms with van der Waals surface area (Å²) in [5, 5.41) is 8.55. The highest BCUT2D eigenvalue weighted by Crippen LogP contribution is 2.29. The molecule has 0 bridgehead atoms. The van der Waals surface area contributed by atoms with Crippen molar-refractivity contribution in [3.05, 3.63) is 29.8 Å². The summed E-state index contributed by atoms with van der Waals surface area (Å²) in [7, 11) is 0. The highest BCUT2D eigenvalue weighted by molar-refractivity contribution is 5.67. The van der Waals surface area contributed by atoms with Gasteiger partial charge in [-0.15, -0.1) is 0 Å². The Morgan fingerprint density at radius 2 is 1.94 bits per heavy atom. The lowest BCUT2D eigenvalue weighted by Gasteiger charge is -2.12. The predicted molar refractivity (Wildman–Crippen MR) is 66.6 cm³/mol. The smallest absolute Gasteiger partial charge is 0.161 e. The third-order valence-corrected chi connectivity index (χ3v) is 2.10. The predicted octanol–water partition coefficient (Wildman–Crippen LogP) is 2.31. The van der Waals surface area contributed by atoms with Gasteiger partial charge in [0, 0.05) is 17.3 Å². The van der Waals surface area contributed by atoms with Gasteiger partial charge in [0.25, 0.3) is 0 Å². The van der Waals surface area contributed by atoms with E-state index < -0.39 is 0 Å². The van der Waals surface area contributed by atoms with E-state index in [1.807, 2.05) is 19.9 Å². The molecule has 0 heterocycles. The van der Waals surface area contributed by atoms with Crippen LogP contribution in [0.25, 0.3) is 5.70 Å². The summed E-state index contributed by atoms with van der Waals surface area (Å²) in [4.78, 5) is 0. The van der Waals surface area contributed by atoms with E-state index in [4.69, 9.17) is 20.5 Å². The molecule has 1 rings (SSSR count). The van der Waals surface area contributed by atoms with Crippen LogP contribution >= 0.6 is 0 Å². The number of allylic oxidation sites excluding steroid dienone is 1. The molecular weight excluding hydrogens is 216 g/mol. The Hall–Kier alpha value is -2.15. The highest BCUT2D eigenvalue weighted by Gasteiger charge is 2.07. The van der Waals surface area contributed by atoms with Crippen LogP contribution < -0.4 is 15.2 Å². The molecule has 0 fully saturated rings. The van der Waals surface area contributed by atoms with Crippen LogP contribution in [-0.4, -0.2) is 13.2 Å². The maximum atomic E-state index is 8.55. The first-order valence-electron chi connectivity index (χ1n) is 5.48. The number of ether oxygens (including phenoxy) is 2. The van der Waals surface area contributed by atoms with Gasteiger partial charge >= 0.3 is 0 Å². The van der Waals surface area contributed by atoms with Crippen molar-refractivity contribution in [2.75, 3.05) is 13.2 Å². The lowest BCUT2D eigenvalue weighted by atomic mass is 10.1. The number of rotatable bonds is 5. The second kappa shape index (κ2) is 6.44. The molecule has 0 unspecified atom stereocenters. The van der Waals surface area contributed by atoms with Gasteiger partial charge in [-0.05, 0) is 32.0 Å². The minimum atomic E-state index is 0.413. The molecule has 1 aromatic rings. The van der Waals surface area contributed by atoms with E-state index in [1.165, 1.54) is 6.08 Å². The Balaban J connectivity index is 3.09. The van der Waals surface area contributed by atoms with Crippen molar-refractivity contribution in [1.29, 1.82) is 5.26 Å². The Morgan fingerprint density at radius 3 is 2.53 bits per heavy atom. The molecule has 0 radical (unpaired) electrons. The molecular formula is C13H16N2O2. The first-order valence-corrected chi connectivity index (χ1v) is 5.48. The molecule has 0 aromatic heterocycles. The van der Waals surface area contributed by atoms with Crippen LogP contribution in [0.3, 0.4) is 0 Å². The number of nitrogens with zero attached hydrogens (tertiary/aromatic N) is 1. The summed E-state index contributed by atoms with van der Waals surface area (Å²) < 4.78 is 10.9. The molecule has 0 spiro atoms. The normalized spacial score (nSPS) is 10.8. The van der Waals surface area contributed by atoms with Gasteiger partial charge in [-0.1, -0.05) is 0 Å². The van der Waals surface area contributed by atoms with Crippen molar-refractivity contribution in [3.63, 3.8) is 0 Å². The molecule has 1 aromatic carbocycles. The van der Waals surface area contributed by atoms with Crippen molar-refractivity contribution in [1.82, 2.24) is 0 Å². The zero-order valence-corrected chi connectivity index (χ0v) is 10.1. The lowest BCUT2D eigenvalue weighted by Crippen LogP contribution is -2.01. The van der Waals surface area contributed by atoms with Crippen LogP contribution in [0.15, 0.2) is 24.3 Å². The second-order valence-corrected chi connectivity index (χ2v) is 3.26. The first kappa shape index (κ1) is 12.9. The molecule has 90 valence electrons. The third kappa shape index (κ3) is 3.42. The minimum Gasteiger partial charge on any atom is -0.490 e. The topological polar surface area (TPSA) is 68.3 Å². The summed E-state index contributed by atoms with van der Waals surface area (Å²) in [6.07, 6.45) is 1.30. The summed E-state index contributed by atoms with van der Waals surface area (Å²) in [5.41, 5.74) is 6.90. The molecule has 0 aliphatic carbocycles. The van der Waals surface area contributed by atoms with E-state index >= 15 is 0 Å². The van der Waals surface area contributed by atoms with Crippen LogP contribution in [0.2, 0.25) is 0 Å². The van der Waals surface area contributed by atoms with E-state index in [0.29, 0.717) is 30.4 Å². The van der Waals surface area contributed by atoms with E-state index in [2.05, 4.69) is 0 Å². The summed E-state index contributed by atoms with van der Waals surface area (Å²) in [5.74, 6) is 1.32. The summed E-state index contributed by atoms with van der Waals surface area (Å²) in [6, 6.07) is 7.27. The van der Waals surface area contributed by atoms with Crippen LogP contribution in [-0.2, 0) is 0 Å². The number of benzene rings is 1. The standard InChI is InChI=1S/C13H16N2O2/c1-3-16-12-6-5-10(11(15)7-8-14)9-13(12)17-4-2/h5-7,9H,3-4,15H2,1-2H3/b11-7-. The van der Waals surface area contributed by atoms with Gasteiger partial charge < -0.3 is 15.2 Å². The number of nitriles is 1. The van der Waals surface area contributed by atoms with Gasteiger partial charge in [0.15, 0.2) is 11.5 Å². The third-order valence-electron chi connectivity index (χ3n) is 2.10. The highest BCUT2D eigenvalue weighted by atomic mass is 16.5. The van der Waals surface area contributed by atoms with Gasteiger partial charge in [0.05, 0.1) is 19.3 Å². The van der Waals surface area contributed by atoms with Gasteiger partial charge in [-0.25, -0.2) is 0 Å². The molecule has 2 N–H and O–H groups in total. The van der Waals surface area contributed by atoms with Crippen LogP contribution in [0.1, 0.15) is 19.4 Å². The van der Waals surface area contributed by atoms with Gasteiger partial charge in [0.2, 0.25) is 0 Å². The van der Waals surface area contributed by atoms with Gasteiger partial charge in [-0.2, -0.15) is 5.26 Å². The maximum absolute atomic E-state index is 8.55.